The summed E-state index contributed by atoms with van der Waals surface area (Å²) in [5.41, 5.74) is 3.45. The average Bonchev–Trinajstić information content (AvgIpc) is 2.63. The van der Waals surface area contributed by atoms with Crippen molar-refractivity contribution in [1.82, 2.24) is 15.3 Å². The molecule has 1 aromatic heterocycles. The number of rotatable bonds is 5. The number of anilines is 2. The largest absolute Gasteiger partial charge is 0.347 e. The zero-order valence-corrected chi connectivity index (χ0v) is 13.4. The highest BCUT2D eigenvalue weighted by molar-refractivity contribution is 5.92. The van der Waals surface area contributed by atoms with Gasteiger partial charge in [0.05, 0.1) is 12.4 Å². The van der Waals surface area contributed by atoms with E-state index in [2.05, 4.69) is 20.6 Å². The van der Waals surface area contributed by atoms with Crippen molar-refractivity contribution in [3.05, 3.63) is 83.8 Å². The second-order valence-electron chi connectivity index (χ2n) is 5.45. The highest BCUT2D eigenvalue weighted by Gasteiger charge is 2.07. The van der Waals surface area contributed by atoms with Crippen LogP contribution in [0.4, 0.5) is 11.5 Å². The Labute approximate surface area is 140 Å². The van der Waals surface area contributed by atoms with Gasteiger partial charge in [-0.3, -0.25) is 4.79 Å². The predicted octanol–water partition coefficient (Wildman–Crippen LogP) is 3.46. The first-order valence-corrected chi connectivity index (χ1v) is 7.68. The zero-order chi connectivity index (χ0) is 16.8. The van der Waals surface area contributed by atoms with E-state index in [-0.39, 0.29) is 5.91 Å². The van der Waals surface area contributed by atoms with Gasteiger partial charge in [0.25, 0.3) is 5.91 Å². The van der Waals surface area contributed by atoms with Crippen LogP contribution in [0.25, 0.3) is 0 Å². The Balaban J connectivity index is 1.59. The van der Waals surface area contributed by atoms with Crippen LogP contribution < -0.4 is 10.6 Å². The van der Waals surface area contributed by atoms with Crippen molar-refractivity contribution < 1.29 is 4.79 Å². The van der Waals surface area contributed by atoms with Gasteiger partial charge in [0.15, 0.2) is 0 Å². The molecule has 0 spiro atoms. The van der Waals surface area contributed by atoms with Gasteiger partial charge in [0.1, 0.15) is 11.5 Å². The van der Waals surface area contributed by atoms with Crippen molar-refractivity contribution in [2.75, 3.05) is 5.32 Å². The van der Waals surface area contributed by atoms with Gasteiger partial charge in [-0.15, -0.1) is 0 Å². The Morgan fingerprint density at radius 2 is 1.71 bits per heavy atom. The third kappa shape index (κ3) is 4.16. The summed E-state index contributed by atoms with van der Waals surface area (Å²) in [5, 5.41) is 5.98. The molecule has 0 aliphatic carbocycles. The van der Waals surface area contributed by atoms with E-state index in [0.29, 0.717) is 18.1 Å². The minimum absolute atomic E-state index is 0.242. The van der Waals surface area contributed by atoms with Gasteiger partial charge in [-0.05, 0) is 24.6 Å². The van der Waals surface area contributed by atoms with Crippen LogP contribution in [0.15, 0.2) is 67.0 Å². The second-order valence-corrected chi connectivity index (χ2v) is 5.45. The Morgan fingerprint density at radius 1 is 0.958 bits per heavy atom. The minimum Gasteiger partial charge on any atom is -0.347 e. The monoisotopic (exact) mass is 318 g/mol. The standard InChI is InChI=1S/C19H18N4O/c1-14-7-9-16(10-8-14)23-18-13-20-17(12-21-18)19(24)22-11-15-5-3-2-4-6-15/h2-10,12-13H,11H2,1H3,(H,21,23)(H,22,24). The Morgan fingerprint density at radius 3 is 2.38 bits per heavy atom. The summed E-state index contributed by atoms with van der Waals surface area (Å²) in [6.45, 7) is 2.50. The van der Waals surface area contributed by atoms with E-state index >= 15 is 0 Å². The topological polar surface area (TPSA) is 66.9 Å². The maximum absolute atomic E-state index is 12.1. The average molecular weight is 318 g/mol. The van der Waals surface area contributed by atoms with Crippen LogP contribution in [0.2, 0.25) is 0 Å². The SMILES string of the molecule is Cc1ccc(Nc2cnc(C(=O)NCc3ccccc3)cn2)cc1. The molecule has 2 N–H and O–H groups in total. The molecule has 2 aromatic carbocycles. The molecule has 0 radical (unpaired) electrons. The van der Waals surface area contributed by atoms with Gasteiger partial charge < -0.3 is 10.6 Å². The molecule has 1 amide bonds. The second kappa shape index (κ2) is 7.37. The summed E-state index contributed by atoms with van der Waals surface area (Å²) in [4.78, 5) is 20.5. The molecule has 5 nitrogen and oxygen atoms in total. The number of amides is 1. The van der Waals surface area contributed by atoms with Gasteiger partial charge in [-0.1, -0.05) is 48.0 Å². The molecular formula is C19H18N4O. The number of aryl methyl sites for hydroxylation is 1. The first kappa shape index (κ1) is 15.7. The van der Waals surface area contributed by atoms with Crippen LogP contribution in [0.5, 0.6) is 0 Å². The molecular weight excluding hydrogens is 300 g/mol. The lowest BCUT2D eigenvalue weighted by molar-refractivity contribution is 0.0945. The van der Waals surface area contributed by atoms with E-state index < -0.39 is 0 Å². The highest BCUT2D eigenvalue weighted by atomic mass is 16.1. The molecule has 0 bridgehead atoms. The molecule has 3 rings (SSSR count). The predicted molar refractivity (Wildman–Crippen MR) is 94.1 cm³/mol. The minimum atomic E-state index is -0.242. The summed E-state index contributed by atoms with van der Waals surface area (Å²) in [5.74, 6) is 0.353. The number of carbonyl (C=O) groups is 1. The van der Waals surface area contributed by atoms with E-state index in [9.17, 15) is 4.79 Å². The van der Waals surface area contributed by atoms with Crippen LogP contribution >= 0.6 is 0 Å². The fourth-order valence-electron chi connectivity index (χ4n) is 2.16. The smallest absolute Gasteiger partial charge is 0.271 e. The van der Waals surface area contributed by atoms with E-state index in [0.717, 1.165) is 11.3 Å². The quantitative estimate of drug-likeness (QED) is 0.756. The van der Waals surface area contributed by atoms with Crippen LogP contribution in [-0.4, -0.2) is 15.9 Å². The number of benzene rings is 2. The van der Waals surface area contributed by atoms with Gasteiger partial charge in [-0.25, -0.2) is 9.97 Å². The van der Waals surface area contributed by atoms with E-state index in [4.69, 9.17) is 0 Å². The third-order valence-corrected chi connectivity index (χ3v) is 3.50. The van der Waals surface area contributed by atoms with Crippen molar-refractivity contribution >= 4 is 17.4 Å². The van der Waals surface area contributed by atoms with Crippen molar-refractivity contribution in [3.8, 4) is 0 Å². The van der Waals surface area contributed by atoms with Crippen molar-refractivity contribution in [2.24, 2.45) is 0 Å². The molecule has 0 atom stereocenters. The Hall–Kier alpha value is -3.21. The van der Waals surface area contributed by atoms with Crippen molar-refractivity contribution in [1.29, 1.82) is 0 Å². The first-order valence-electron chi connectivity index (χ1n) is 7.68. The Kier molecular flexibility index (Phi) is 4.81. The summed E-state index contributed by atoms with van der Waals surface area (Å²) in [6, 6.07) is 17.7. The zero-order valence-electron chi connectivity index (χ0n) is 13.4. The van der Waals surface area contributed by atoms with E-state index in [1.54, 1.807) is 6.20 Å². The lowest BCUT2D eigenvalue weighted by Crippen LogP contribution is -2.24. The van der Waals surface area contributed by atoms with Gasteiger partial charge in [0.2, 0.25) is 0 Å². The number of hydrogen-bond acceptors (Lipinski definition) is 4. The van der Waals surface area contributed by atoms with Crippen LogP contribution in [0.1, 0.15) is 21.6 Å². The molecule has 0 saturated carbocycles. The van der Waals surface area contributed by atoms with Crippen molar-refractivity contribution in [2.45, 2.75) is 13.5 Å². The third-order valence-electron chi connectivity index (χ3n) is 3.50. The molecule has 24 heavy (non-hydrogen) atoms. The molecule has 3 aromatic rings. The van der Waals surface area contributed by atoms with Crippen LogP contribution in [-0.2, 0) is 6.54 Å². The molecule has 5 heteroatoms. The number of carbonyl (C=O) groups excluding carboxylic acids is 1. The number of aromatic nitrogens is 2. The first-order chi connectivity index (χ1) is 11.7. The lowest BCUT2D eigenvalue weighted by Gasteiger charge is -2.07. The molecule has 0 fully saturated rings. The van der Waals surface area contributed by atoms with E-state index in [1.165, 1.54) is 11.8 Å². The molecule has 0 unspecified atom stereocenters. The fraction of sp³-hybridized carbons (Fsp3) is 0.105. The molecule has 0 aliphatic rings. The lowest BCUT2D eigenvalue weighted by atomic mass is 10.2. The summed E-state index contributed by atoms with van der Waals surface area (Å²) in [6.07, 6.45) is 3.02. The molecule has 0 saturated heterocycles. The van der Waals surface area contributed by atoms with Gasteiger partial charge in [0, 0.05) is 12.2 Å². The summed E-state index contributed by atoms with van der Waals surface area (Å²) < 4.78 is 0. The van der Waals surface area contributed by atoms with Crippen LogP contribution in [0.3, 0.4) is 0 Å². The maximum Gasteiger partial charge on any atom is 0.271 e. The van der Waals surface area contributed by atoms with Crippen molar-refractivity contribution in [3.63, 3.8) is 0 Å². The Bertz CT molecular complexity index is 799. The molecule has 120 valence electrons. The van der Waals surface area contributed by atoms with Gasteiger partial charge >= 0.3 is 0 Å². The van der Waals surface area contributed by atoms with E-state index in [1.807, 2.05) is 61.5 Å². The number of hydrogen-bond donors (Lipinski definition) is 2. The number of nitrogens with one attached hydrogen (secondary N) is 2. The summed E-state index contributed by atoms with van der Waals surface area (Å²) >= 11 is 0. The van der Waals surface area contributed by atoms with Gasteiger partial charge in [-0.2, -0.15) is 0 Å². The number of nitrogens with zero attached hydrogens (tertiary/aromatic N) is 2. The molecule has 0 aliphatic heterocycles. The maximum atomic E-state index is 12.1. The molecule has 1 heterocycles. The van der Waals surface area contributed by atoms with Crippen LogP contribution in [0, 0.1) is 6.92 Å². The highest BCUT2D eigenvalue weighted by Crippen LogP contribution is 2.14. The fourth-order valence-corrected chi connectivity index (χ4v) is 2.16. The normalized spacial score (nSPS) is 10.2. The summed E-state index contributed by atoms with van der Waals surface area (Å²) in [7, 11) is 0.